The van der Waals surface area contributed by atoms with Crippen molar-refractivity contribution in [3.63, 3.8) is 0 Å². The van der Waals surface area contributed by atoms with E-state index in [2.05, 4.69) is 10.9 Å². The summed E-state index contributed by atoms with van der Waals surface area (Å²) in [6, 6.07) is 14.5. The van der Waals surface area contributed by atoms with Crippen molar-refractivity contribution in [3.05, 3.63) is 65.2 Å². The second kappa shape index (κ2) is 9.39. The third-order valence-corrected chi connectivity index (χ3v) is 6.89. The van der Waals surface area contributed by atoms with Crippen LogP contribution in [0.2, 0.25) is 5.02 Å². The second-order valence-electron chi connectivity index (χ2n) is 6.90. The van der Waals surface area contributed by atoms with Crippen molar-refractivity contribution in [2.45, 2.75) is 24.2 Å². The van der Waals surface area contributed by atoms with E-state index in [9.17, 15) is 18.0 Å². The first-order chi connectivity index (χ1) is 13.9. The van der Waals surface area contributed by atoms with Crippen LogP contribution in [0.5, 0.6) is 0 Å². The zero-order valence-electron chi connectivity index (χ0n) is 15.7. The standard InChI is InChI=1S/C20H22ClN3O4S/c21-17-10-8-16(9-11-17)20(26)23-22-19(25)13-15-5-4-12-24(14-15)29(27,28)18-6-2-1-3-7-18/h1-3,6-11,15H,4-5,12-14H2,(H,22,25)(H,23,26). The lowest BCUT2D eigenvalue weighted by atomic mass is 9.96. The van der Waals surface area contributed by atoms with Crippen LogP contribution in [-0.4, -0.2) is 37.6 Å². The van der Waals surface area contributed by atoms with Crippen molar-refractivity contribution in [1.82, 2.24) is 15.2 Å². The topological polar surface area (TPSA) is 95.6 Å². The average molecular weight is 436 g/mol. The summed E-state index contributed by atoms with van der Waals surface area (Å²) in [5, 5.41) is 0.512. The lowest BCUT2D eigenvalue weighted by Gasteiger charge is -2.31. The highest BCUT2D eigenvalue weighted by Gasteiger charge is 2.31. The molecular weight excluding hydrogens is 414 g/mol. The van der Waals surface area contributed by atoms with Gasteiger partial charge in [-0.15, -0.1) is 0 Å². The van der Waals surface area contributed by atoms with Gasteiger partial charge in [0, 0.05) is 30.1 Å². The summed E-state index contributed by atoms with van der Waals surface area (Å²) in [6.07, 6.45) is 1.56. The van der Waals surface area contributed by atoms with Gasteiger partial charge < -0.3 is 0 Å². The fourth-order valence-corrected chi connectivity index (χ4v) is 4.97. The molecule has 1 fully saturated rings. The van der Waals surface area contributed by atoms with E-state index >= 15 is 0 Å². The number of piperidine rings is 1. The van der Waals surface area contributed by atoms with Crippen LogP contribution in [0.3, 0.4) is 0 Å². The molecule has 9 heteroatoms. The predicted molar refractivity (Wildman–Crippen MR) is 110 cm³/mol. The SMILES string of the molecule is O=C(CC1CCCN(S(=O)(=O)c2ccccc2)C1)NNC(=O)c1ccc(Cl)cc1. The molecule has 2 aromatic carbocycles. The molecule has 1 saturated heterocycles. The van der Waals surface area contributed by atoms with Crippen molar-refractivity contribution in [2.24, 2.45) is 5.92 Å². The summed E-state index contributed by atoms with van der Waals surface area (Å²) >= 11 is 5.79. The molecule has 1 aliphatic heterocycles. The molecule has 1 aliphatic rings. The molecule has 1 atom stereocenters. The Hall–Kier alpha value is -2.42. The third kappa shape index (κ3) is 5.56. The number of carbonyl (C=O) groups excluding carboxylic acids is 2. The van der Waals surface area contributed by atoms with E-state index in [4.69, 9.17) is 11.6 Å². The highest BCUT2D eigenvalue weighted by Crippen LogP contribution is 2.25. The van der Waals surface area contributed by atoms with E-state index < -0.39 is 15.9 Å². The Bertz CT molecular complexity index is 965. The van der Waals surface area contributed by atoms with Crippen LogP contribution < -0.4 is 10.9 Å². The van der Waals surface area contributed by atoms with Crippen LogP contribution in [0.1, 0.15) is 29.6 Å². The minimum absolute atomic E-state index is 0.116. The zero-order valence-corrected chi connectivity index (χ0v) is 17.2. The summed E-state index contributed by atoms with van der Waals surface area (Å²) in [5.41, 5.74) is 5.12. The predicted octanol–water partition coefficient (Wildman–Crippen LogP) is 2.59. The normalized spacial score (nSPS) is 17.5. The first kappa shape index (κ1) is 21.3. The lowest BCUT2D eigenvalue weighted by Crippen LogP contribution is -2.45. The van der Waals surface area contributed by atoms with Crippen LogP contribution in [0.25, 0.3) is 0 Å². The number of carbonyl (C=O) groups is 2. The Morgan fingerprint density at radius 1 is 1.03 bits per heavy atom. The minimum Gasteiger partial charge on any atom is -0.273 e. The number of benzene rings is 2. The maximum absolute atomic E-state index is 12.8. The van der Waals surface area contributed by atoms with Gasteiger partial charge >= 0.3 is 0 Å². The molecule has 0 radical (unpaired) electrons. The largest absolute Gasteiger partial charge is 0.273 e. The van der Waals surface area contributed by atoms with Gasteiger partial charge in [-0.25, -0.2) is 8.42 Å². The van der Waals surface area contributed by atoms with Crippen molar-refractivity contribution < 1.29 is 18.0 Å². The van der Waals surface area contributed by atoms with Gasteiger partial charge in [-0.1, -0.05) is 29.8 Å². The Balaban J connectivity index is 1.53. The average Bonchev–Trinajstić information content (AvgIpc) is 2.73. The van der Waals surface area contributed by atoms with Gasteiger partial charge in [0.2, 0.25) is 15.9 Å². The van der Waals surface area contributed by atoms with Gasteiger partial charge in [0.25, 0.3) is 5.91 Å². The molecule has 0 saturated carbocycles. The summed E-state index contributed by atoms with van der Waals surface area (Å²) in [4.78, 5) is 24.5. The highest BCUT2D eigenvalue weighted by molar-refractivity contribution is 7.89. The molecule has 29 heavy (non-hydrogen) atoms. The fraction of sp³-hybridized carbons (Fsp3) is 0.300. The van der Waals surface area contributed by atoms with Crippen molar-refractivity contribution in [1.29, 1.82) is 0 Å². The summed E-state index contributed by atoms with van der Waals surface area (Å²) < 4.78 is 27.0. The quantitative estimate of drug-likeness (QED) is 0.705. The Morgan fingerprint density at radius 3 is 2.41 bits per heavy atom. The van der Waals surface area contributed by atoms with Gasteiger partial charge in [0.05, 0.1) is 4.90 Å². The van der Waals surface area contributed by atoms with Gasteiger partial charge in [-0.3, -0.25) is 20.4 Å². The van der Waals surface area contributed by atoms with Crippen molar-refractivity contribution >= 4 is 33.4 Å². The smallest absolute Gasteiger partial charge is 0.269 e. The molecule has 1 heterocycles. The molecule has 0 aliphatic carbocycles. The molecule has 0 spiro atoms. The zero-order chi connectivity index (χ0) is 20.9. The molecule has 7 nitrogen and oxygen atoms in total. The number of halogens is 1. The van der Waals surface area contributed by atoms with E-state index in [1.165, 1.54) is 4.31 Å². The van der Waals surface area contributed by atoms with Crippen LogP contribution in [-0.2, 0) is 14.8 Å². The molecule has 3 rings (SSSR count). The highest BCUT2D eigenvalue weighted by atomic mass is 35.5. The van der Waals surface area contributed by atoms with Gasteiger partial charge in [0.1, 0.15) is 0 Å². The number of hydrogen-bond acceptors (Lipinski definition) is 4. The number of nitrogens with zero attached hydrogens (tertiary/aromatic N) is 1. The summed E-state index contributed by atoms with van der Waals surface area (Å²) in [5.74, 6) is -0.933. The molecule has 2 aromatic rings. The van der Waals surface area contributed by atoms with Crippen LogP contribution in [0.15, 0.2) is 59.5 Å². The molecule has 0 aromatic heterocycles. The molecule has 154 valence electrons. The van der Waals surface area contributed by atoms with Gasteiger partial charge in [0.15, 0.2) is 0 Å². The number of amides is 2. The summed E-state index contributed by atoms with van der Waals surface area (Å²) in [6.45, 7) is 0.707. The molecule has 2 N–H and O–H groups in total. The number of nitrogens with one attached hydrogen (secondary N) is 2. The van der Waals surface area contributed by atoms with Crippen molar-refractivity contribution in [2.75, 3.05) is 13.1 Å². The van der Waals surface area contributed by atoms with E-state index in [1.54, 1.807) is 54.6 Å². The van der Waals surface area contributed by atoms with Crippen molar-refractivity contribution in [3.8, 4) is 0 Å². The monoisotopic (exact) mass is 435 g/mol. The first-order valence-electron chi connectivity index (χ1n) is 9.26. The van der Waals surface area contributed by atoms with E-state index in [-0.39, 0.29) is 29.7 Å². The number of sulfonamides is 1. The maximum atomic E-state index is 12.8. The van der Waals surface area contributed by atoms with E-state index in [0.29, 0.717) is 23.6 Å². The van der Waals surface area contributed by atoms with Gasteiger partial charge in [-0.2, -0.15) is 4.31 Å². The van der Waals surface area contributed by atoms with E-state index in [1.807, 2.05) is 0 Å². The Kier molecular flexibility index (Phi) is 6.89. The second-order valence-corrected chi connectivity index (χ2v) is 9.27. The third-order valence-electron chi connectivity index (χ3n) is 4.76. The number of hydrazine groups is 1. The molecule has 2 amide bonds. The number of hydrogen-bond donors (Lipinski definition) is 2. The lowest BCUT2D eigenvalue weighted by molar-refractivity contribution is -0.123. The molecule has 1 unspecified atom stereocenters. The molecular formula is C20H22ClN3O4S. The minimum atomic E-state index is -3.57. The van der Waals surface area contributed by atoms with E-state index in [0.717, 1.165) is 6.42 Å². The Morgan fingerprint density at radius 2 is 1.72 bits per heavy atom. The fourth-order valence-electron chi connectivity index (χ4n) is 3.27. The van der Waals surface area contributed by atoms with Crippen LogP contribution in [0, 0.1) is 5.92 Å². The Labute approximate surface area is 175 Å². The summed E-state index contributed by atoms with van der Waals surface area (Å²) in [7, 11) is -3.57. The first-order valence-corrected chi connectivity index (χ1v) is 11.1. The molecule has 0 bridgehead atoms. The van der Waals surface area contributed by atoms with Crippen LogP contribution in [0.4, 0.5) is 0 Å². The maximum Gasteiger partial charge on any atom is 0.269 e. The number of rotatable bonds is 5. The van der Waals surface area contributed by atoms with Gasteiger partial charge in [-0.05, 0) is 55.2 Å². The van der Waals surface area contributed by atoms with Crippen LogP contribution >= 0.6 is 11.6 Å².